The maximum Gasteiger partial charge on any atom is 0.288 e. The van der Waals surface area contributed by atoms with Crippen LogP contribution < -0.4 is 5.14 Å². The molecule has 11 heteroatoms. The van der Waals surface area contributed by atoms with E-state index in [1.54, 1.807) is 7.05 Å². The van der Waals surface area contributed by atoms with Gasteiger partial charge in [0.2, 0.25) is 0 Å². The first-order valence-corrected chi connectivity index (χ1v) is 7.50. The summed E-state index contributed by atoms with van der Waals surface area (Å²) in [5.41, 5.74) is 0. The smallest absolute Gasteiger partial charge is 0.288 e. The first-order valence-electron chi connectivity index (χ1n) is 4.51. The number of primary sulfonamides is 1. The van der Waals surface area contributed by atoms with Gasteiger partial charge in [-0.15, -0.1) is 0 Å². The minimum Gasteiger partial charge on any atom is -0.339 e. The monoisotopic (exact) mass is 291 g/mol. The molecule has 2 rings (SSSR count). The van der Waals surface area contributed by atoms with Crippen molar-refractivity contribution in [2.24, 2.45) is 12.2 Å². The van der Waals surface area contributed by atoms with Crippen molar-refractivity contribution in [2.75, 3.05) is 0 Å². The van der Waals surface area contributed by atoms with Gasteiger partial charge >= 0.3 is 0 Å². The van der Waals surface area contributed by atoms with Crippen LogP contribution in [0.15, 0.2) is 35.1 Å². The molecule has 0 aliphatic heterocycles. The normalized spacial score (nSPS) is 12.8. The lowest BCUT2D eigenvalue weighted by Gasteiger charge is -1.99. The average molecular weight is 291 g/mol. The number of imidazole rings is 2. The Morgan fingerprint density at radius 1 is 1.06 bits per heavy atom. The highest BCUT2D eigenvalue weighted by molar-refractivity contribution is 7.90. The average Bonchev–Trinajstić information content (AvgIpc) is 2.83. The Bertz CT molecular complexity index is 785. The van der Waals surface area contributed by atoms with Gasteiger partial charge in [-0.25, -0.2) is 27.5 Å². The van der Waals surface area contributed by atoms with Gasteiger partial charge in [0.15, 0.2) is 10.1 Å². The standard InChI is InChI=1S/C7H9N5O4S2/c1-11-2-7(9-4-11)18(15,16)12-3-6(10-5-12)17(8,13)14/h2-5H,1H3,(H2,8,13,14). The third-order valence-electron chi connectivity index (χ3n) is 2.05. The summed E-state index contributed by atoms with van der Waals surface area (Å²) in [6.07, 6.45) is 4.26. The number of hydrogen-bond acceptors (Lipinski definition) is 6. The fourth-order valence-electron chi connectivity index (χ4n) is 1.20. The van der Waals surface area contributed by atoms with Crippen LogP contribution in [-0.4, -0.2) is 35.3 Å². The quantitative estimate of drug-likeness (QED) is 0.732. The van der Waals surface area contributed by atoms with E-state index in [1.807, 2.05) is 0 Å². The molecule has 0 aromatic carbocycles. The lowest BCUT2D eigenvalue weighted by atomic mass is 10.9. The van der Waals surface area contributed by atoms with E-state index in [2.05, 4.69) is 9.97 Å². The van der Waals surface area contributed by atoms with E-state index in [0.29, 0.717) is 3.97 Å². The molecule has 0 atom stereocenters. The van der Waals surface area contributed by atoms with Crippen molar-refractivity contribution in [2.45, 2.75) is 10.1 Å². The van der Waals surface area contributed by atoms with Crippen LogP contribution in [0.25, 0.3) is 0 Å². The largest absolute Gasteiger partial charge is 0.339 e. The summed E-state index contributed by atoms with van der Waals surface area (Å²) in [7, 11) is -6.39. The predicted octanol–water partition coefficient (Wildman–Crippen LogP) is -1.50. The van der Waals surface area contributed by atoms with E-state index in [1.165, 1.54) is 17.1 Å². The molecule has 0 saturated heterocycles. The van der Waals surface area contributed by atoms with Crippen molar-refractivity contribution >= 4 is 20.0 Å². The molecule has 0 aliphatic rings. The zero-order chi connectivity index (χ0) is 13.6. The summed E-state index contributed by atoms with van der Waals surface area (Å²) in [5, 5.41) is 4.09. The third-order valence-corrected chi connectivity index (χ3v) is 4.34. The Labute approximate surface area is 103 Å². The van der Waals surface area contributed by atoms with Crippen molar-refractivity contribution < 1.29 is 16.8 Å². The number of sulfonamides is 1. The topological polar surface area (TPSA) is 130 Å². The third kappa shape index (κ3) is 2.14. The first-order chi connectivity index (χ1) is 8.21. The molecule has 0 fully saturated rings. The molecular formula is C7H9N5O4S2. The molecule has 18 heavy (non-hydrogen) atoms. The molecule has 98 valence electrons. The SMILES string of the molecule is Cn1cnc(S(=O)(=O)n2cnc(S(N)(=O)=O)c2)c1. The minimum atomic E-state index is -4.04. The van der Waals surface area contributed by atoms with E-state index in [-0.39, 0.29) is 5.03 Å². The second-order valence-electron chi connectivity index (χ2n) is 3.47. The molecule has 9 nitrogen and oxygen atoms in total. The van der Waals surface area contributed by atoms with Crippen LogP contribution in [0.3, 0.4) is 0 Å². The number of hydrogen-bond donors (Lipinski definition) is 1. The Kier molecular flexibility index (Phi) is 2.76. The van der Waals surface area contributed by atoms with Crippen LogP contribution in [0.2, 0.25) is 0 Å². The Hall–Kier alpha value is -1.72. The van der Waals surface area contributed by atoms with Gasteiger partial charge in [0, 0.05) is 13.2 Å². The summed E-state index contributed by atoms with van der Waals surface area (Å²) in [5.74, 6) is 0. The van der Waals surface area contributed by atoms with E-state index in [4.69, 9.17) is 5.14 Å². The fraction of sp³-hybridized carbons (Fsp3) is 0.143. The summed E-state index contributed by atoms with van der Waals surface area (Å²) in [4.78, 5) is 7.10. The van der Waals surface area contributed by atoms with E-state index in [9.17, 15) is 16.8 Å². The van der Waals surface area contributed by atoms with Gasteiger partial charge in [-0.3, -0.25) is 0 Å². The van der Waals surface area contributed by atoms with Crippen LogP contribution in [0.5, 0.6) is 0 Å². The zero-order valence-corrected chi connectivity index (χ0v) is 10.8. The number of rotatable bonds is 3. The van der Waals surface area contributed by atoms with Crippen LogP contribution in [0.1, 0.15) is 0 Å². The molecule has 2 heterocycles. The summed E-state index contributed by atoms with van der Waals surface area (Å²) >= 11 is 0. The fourth-order valence-corrected chi connectivity index (χ4v) is 2.82. The Balaban J connectivity index is 2.53. The van der Waals surface area contributed by atoms with Gasteiger partial charge in [-0.1, -0.05) is 0 Å². The Morgan fingerprint density at radius 3 is 2.11 bits per heavy atom. The molecule has 0 unspecified atom stereocenters. The van der Waals surface area contributed by atoms with Crippen molar-refractivity contribution in [1.29, 1.82) is 0 Å². The number of nitrogens with two attached hydrogens (primary N) is 1. The molecule has 0 saturated carbocycles. The van der Waals surface area contributed by atoms with Crippen molar-refractivity contribution in [1.82, 2.24) is 18.5 Å². The van der Waals surface area contributed by atoms with Crippen molar-refractivity contribution in [3.05, 3.63) is 25.0 Å². The lowest BCUT2D eigenvalue weighted by molar-refractivity contribution is 0.584. The van der Waals surface area contributed by atoms with Crippen molar-refractivity contribution in [3.63, 3.8) is 0 Å². The van der Waals surface area contributed by atoms with Crippen LogP contribution in [-0.2, 0) is 27.1 Å². The molecule has 2 N–H and O–H groups in total. The second-order valence-corrected chi connectivity index (χ2v) is 6.77. The highest BCUT2D eigenvalue weighted by atomic mass is 32.2. The number of aromatic nitrogens is 4. The van der Waals surface area contributed by atoms with Gasteiger partial charge < -0.3 is 4.57 Å². The molecule has 0 spiro atoms. The molecule has 0 bridgehead atoms. The second kappa shape index (κ2) is 3.90. The van der Waals surface area contributed by atoms with Gasteiger partial charge in [-0.2, -0.15) is 8.42 Å². The predicted molar refractivity (Wildman–Crippen MR) is 59.4 cm³/mol. The van der Waals surface area contributed by atoms with Crippen LogP contribution in [0.4, 0.5) is 0 Å². The van der Waals surface area contributed by atoms with E-state index in [0.717, 1.165) is 12.5 Å². The van der Waals surface area contributed by atoms with Gasteiger partial charge in [-0.05, 0) is 0 Å². The maximum atomic E-state index is 12.0. The number of aryl methyl sites for hydroxylation is 1. The minimum absolute atomic E-state index is 0.219. The summed E-state index contributed by atoms with van der Waals surface area (Å²) < 4.78 is 48.1. The summed E-state index contributed by atoms with van der Waals surface area (Å²) in [6.45, 7) is 0. The maximum absolute atomic E-state index is 12.0. The lowest BCUT2D eigenvalue weighted by Crippen LogP contribution is -2.14. The highest BCUT2D eigenvalue weighted by Gasteiger charge is 2.22. The first kappa shape index (κ1) is 12.7. The van der Waals surface area contributed by atoms with Gasteiger partial charge in [0.1, 0.15) is 6.33 Å². The van der Waals surface area contributed by atoms with Crippen LogP contribution in [0, 0.1) is 0 Å². The van der Waals surface area contributed by atoms with E-state index < -0.39 is 25.1 Å². The zero-order valence-electron chi connectivity index (χ0n) is 9.13. The highest BCUT2D eigenvalue weighted by Crippen LogP contribution is 2.12. The summed E-state index contributed by atoms with van der Waals surface area (Å²) in [6, 6.07) is 0. The molecule has 2 aromatic rings. The number of nitrogens with zero attached hydrogens (tertiary/aromatic N) is 4. The van der Waals surface area contributed by atoms with Gasteiger partial charge in [0.25, 0.3) is 20.0 Å². The van der Waals surface area contributed by atoms with Gasteiger partial charge in [0.05, 0.1) is 12.5 Å². The molecule has 0 amide bonds. The Morgan fingerprint density at radius 2 is 1.67 bits per heavy atom. The van der Waals surface area contributed by atoms with Crippen molar-refractivity contribution in [3.8, 4) is 0 Å². The molecule has 0 radical (unpaired) electrons. The molecular weight excluding hydrogens is 282 g/mol. The van der Waals surface area contributed by atoms with Crippen LogP contribution >= 0.6 is 0 Å². The molecule has 2 aromatic heterocycles. The molecule has 0 aliphatic carbocycles. The van der Waals surface area contributed by atoms with E-state index >= 15 is 0 Å².